The molecule has 3 rings (SSSR count). The Labute approximate surface area is 169 Å². The van der Waals surface area contributed by atoms with Crippen molar-refractivity contribution in [1.82, 2.24) is 4.72 Å². The fourth-order valence-corrected chi connectivity index (χ4v) is 5.66. The van der Waals surface area contributed by atoms with Crippen LogP contribution in [0.4, 0.5) is 0 Å². The summed E-state index contributed by atoms with van der Waals surface area (Å²) >= 11 is 0. The zero-order valence-electron chi connectivity index (χ0n) is 16.5. The molecule has 1 fully saturated rings. The highest BCUT2D eigenvalue weighted by atomic mass is 32.2. The van der Waals surface area contributed by atoms with Crippen LogP contribution in [-0.2, 0) is 15.8 Å². The van der Waals surface area contributed by atoms with E-state index in [9.17, 15) is 8.42 Å². The summed E-state index contributed by atoms with van der Waals surface area (Å²) in [7, 11) is -3.46. The van der Waals surface area contributed by atoms with Gasteiger partial charge in [-0.25, -0.2) is 13.1 Å². The van der Waals surface area contributed by atoms with Gasteiger partial charge in [0.1, 0.15) is 0 Å². The van der Waals surface area contributed by atoms with Crippen LogP contribution in [0, 0.1) is 5.92 Å². The number of benzene rings is 2. The highest BCUT2D eigenvalue weighted by Crippen LogP contribution is 2.35. The van der Waals surface area contributed by atoms with Crippen LogP contribution in [-0.4, -0.2) is 8.42 Å². The molecule has 1 unspecified atom stereocenters. The van der Waals surface area contributed by atoms with E-state index in [0.717, 1.165) is 42.4 Å². The van der Waals surface area contributed by atoms with Crippen molar-refractivity contribution in [2.45, 2.75) is 56.7 Å². The van der Waals surface area contributed by atoms with Gasteiger partial charge in [-0.3, -0.25) is 0 Å². The summed E-state index contributed by atoms with van der Waals surface area (Å²) in [4.78, 5) is 0. The predicted molar refractivity (Wildman–Crippen MR) is 117 cm³/mol. The monoisotopic (exact) mass is 397 g/mol. The lowest BCUT2D eigenvalue weighted by atomic mass is 9.82. The van der Waals surface area contributed by atoms with Gasteiger partial charge in [-0.05, 0) is 35.4 Å². The molecule has 1 atom stereocenters. The highest BCUT2D eigenvalue weighted by Gasteiger charge is 2.29. The lowest BCUT2D eigenvalue weighted by molar-refractivity contribution is 0.312. The Morgan fingerprint density at radius 2 is 1.54 bits per heavy atom. The topological polar surface area (TPSA) is 46.2 Å². The summed E-state index contributed by atoms with van der Waals surface area (Å²) in [6.45, 7) is 3.94. The first-order valence-corrected chi connectivity index (χ1v) is 12.0. The molecule has 0 spiro atoms. The minimum Gasteiger partial charge on any atom is -0.212 e. The maximum atomic E-state index is 13.0. The lowest BCUT2D eigenvalue weighted by Crippen LogP contribution is -2.35. The molecule has 2 aromatic rings. The first-order chi connectivity index (χ1) is 13.6. The van der Waals surface area contributed by atoms with E-state index in [1.54, 1.807) is 0 Å². The molecule has 1 aliphatic carbocycles. The molecular weight excluding hydrogens is 366 g/mol. The van der Waals surface area contributed by atoms with Crippen molar-refractivity contribution in [1.29, 1.82) is 0 Å². The van der Waals surface area contributed by atoms with Crippen molar-refractivity contribution in [3.8, 4) is 0 Å². The third-order valence-corrected chi connectivity index (χ3v) is 7.00. The molecule has 0 aromatic heterocycles. The van der Waals surface area contributed by atoms with Gasteiger partial charge >= 0.3 is 0 Å². The fraction of sp³-hybridized carbons (Fsp3) is 0.417. The number of hydrogen-bond acceptors (Lipinski definition) is 2. The number of sulfonamides is 1. The molecule has 0 bridgehead atoms. The Morgan fingerprint density at radius 3 is 2.21 bits per heavy atom. The molecule has 3 nitrogen and oxygen atoms in total. The summed E-state index contributed by atoms with van der Waals surface area (Å²) in [6.07, 6.45) is 10.0. The van der Waals surface area contributed by atoms with Gasteiger partial charge in [-0.2, -0.15) is 0 Å². The maximum absolute atomic E-state index is 13.0. The number of nitrogens with one attached hydrogen (secondary N) is 1. The molecule has 1 saturated carbocycles. The quantitative estimate of drug-likeness (QED) is 0.637. The van der Waals surface area contributed by atoms with E-state index in [-0.39, 0.29) is 11.8 Å². The van der Waals surface area contributed by atoms with Crippen LogP contribution in [0.15, 0.2) is 61.2 Å². The molecule has 4 heteroatoms. The van der Waals surface area contributed by atoms with Gasteiger partial charge in [0.05, 0.1) is 11.8 Å². The van der Waals surface area contributed by atoms with Crippen LogP contribution in [0.3, 0.4) is 0 Å². The van der Waals surface area contributed by atoms with Crippen molar-refractivity contribution >= 4 is 16.1 Å². The summed E-state index contributed by atoms with van der Waals surface area (Å²) in [6, 6.07) is 17.2. The van der Waals surface area contributed by atoms with Crippen molar-refractivity contribution in [3.63, 3.8) is 0 Å². The maximum Gasteiger partial charge on any atom is 0.216 e. The third kappa shape index (κ3) is 5.79. The molecule has 0 heterocycles. The van der Waals surface area contributed by atoms with Crippen molar-refractivity contribution in [3.05, 3.63) is 77.9 Å². The highest BCUT2D eigenvalue weighted by molar-refractivity contribution is 7.88. The SMILES string of the molecule is C=Cc1ccccc1C(NS(=O)(=O)Cc1ccccc1)C1CCCCCCC1. The van der Waals surface area contributed by atoms with Crippen LogP contribution < -0.4 is 4.72 Å². The van der Waals surface area contributed by atoms with E-state index in [1.165, 1.54) is 19.3 Å². The minimum absolute atomic E-state index is 0.00726. The summed E-state index contributed by atoms with van der Waals surface area (Å²) in [5.74, 6) is 0.319. The zero-order valence-corrected chi connectivity index (χ0v) is 17.3. The standard InChI is InChI=1S/C24H31NO2S/c1-2-21-15-11-12-18-23(21)24(22-16-9-4-3-5-10-17-22)25-28(26,27)19-20-13-7-6-8-14-20/h2,6-8,11-15,18,22,24-25H,1,3-5,9-10,16-17,19H2. The van der Waals surface area contributed by atoms with E-state index >= 15 is 0 Å². The normalized spacial score (nSPS) is 17.4. The van der Waals surface area contributed by atoms with E-state index in [1.807, 2.05) is 60.7 Å². The number of rotatable bonds is 7. The summed E-state index contributed by atoms with van der Waals surface area (Å²) in [5, 5.41) is 0. The Bertz CT molecular complexity index is 853. The van der Waals surface area contributed by atoms with Crippen LogP contribution in [0.5, 0.6) is 0 Å². The average molecular weight is 398 g/mol. The summed E-state index contributed by atoms with van der Waals surface area (Å²) < 4.78 is 29.2. The van der Waals surface area contributed by atoms with Crippen LogP contribution in [0.1, 0.15) is 67.7 Å². The molecule has 150 valence electrons. The van der Waals surface area contributed by atoms with Crippen LogP contribution in [0.25, 0.3) is 6.08 Å². The van der Waals surface area contributed by atoms with Gasteiger partial charge < -0.3 is 0 Å². The predicted octanol–water partition coefficient (Wildman–Crippen LogP) is 5.85. The third-order valence-electron chi connectivity index (χ3n) is 5.68. The van der Waals surface area contributed by atoms with Crippen molar-refractivity contribution in [2.24, 2.45) is 5.92 Å². The fourth-order valence-electron chi connectivity index (χ4n) is 4.24. The second-order valence-corrected chi connectivity index (χ2v) is 9.53. The second kappa shape index (κ2) is 10.0. The molecule has 0 saturated heterocycles. The average Bonchev–Trinajstić information content (AvgIpc) is 2.67. The van der Waals surface area contributed by atoms with Gasteiger partial charge in [0.25, 0.3) is 0 Å². The molecule has 0 radical (unpaired) electrons. The van der Waals surface area contributed by atoms with Crippen molar-refractivity contribution in [2.75, 3.05) is 0 Å². The Balaban J connectivity index is 1.89. The number of hydrogen-bond donors (Lipinski definition) is 1. The van der Waals surface area contributed by atoms with Gasteiger partial charge in [-0.1, -0.05) is 99.4 Å². The second-order valence-electron chi connectivity index (χ2n) is 7.78. The van der Waals surface area contributed by atoms with Gasteiger partial charge in [0, 0.05) is 0 Å². The molecular formula is C24H31NO2S. The van der Waals surface area contributed by atoms with Gasteiger partial charge in [0.15, 0.2) is 0 Å². The van der Waals surface area contributed by atoms with E-state index in [4.69, 9.17) is 0 Å². The zero-order chi connectivity index (χ0) is 19.8. The molecule has 2 aromatic carbocycles. The van der Waals surface area contributed by atoms with Crippen LogP contribution in [0.2, 0.25) is 0 Å². The Kier molecular flexibility index (Phi) is 7.46. The van der Waals surface area contributed by atoms with E-state index in [2.05, 4.69) is 11.3 Å². The van der Waals surface area contributed by atoms with E-state index in [0.29, 0.717) is 5.92 Å². The smallest absolute Gasteiger partial charge is 0.212 e. The molecule has 0 amide bonds. The van der Waals surface area contributed by atoms with E-state index < -0.39 is 10.0 Å². The minimum atomic E-state index is -3.46. The first-order valence-electron chi connectivity index (χ1n) is 10.3. The van der Waals surface area contributed by atoms with Gasteiger partial charge in [-0.15, -0.1) is 0 Å². The molecule has 0 aliphatic heterocycles. The molecule has 1 N–H and O–H groups in total. The van der Waals surface area contributed by atoms with Crippen molar-refractivity contribution < 1.29 is 8.42 Å². The lowest BCUT2D eigenvalue weighted by Gasteiger charge is -2.31. The van der Waals surface area contributed by atoms with Gasteiger partial charge in [0.2, 0.25) is 10.0 Å². The molecule has 1 aliphatic rings. The first kappa shape index (κ1) is 20.8. The summed E-state index contributed by atoms with van der Waals surface area (Å²) in [5.41, 5.74) is 2.86. The van der Waals surface area contributed by atoms with Crippen LogP contribution >= 0.6 is 0 Å². The Morgan fingerprint density at radius 1 is 0.929 bits per heavy atom. The molecule has 28 heavy (non-hydrogen) atoms. The largest absolute Gasteiger partial charge is 0.216 e. The Hall–Kier alpha value is -1.91.